The number of likely N-dealkylation sites (N-methyl/N-ethyl adjacent to an activating group) is 1. The third-order valence-corrected chi connectivity index (χ3v) is 5.07. The van der Waals surface area contributed by atoms with Crippen molar-refractivity contribution < 1.29 is 14.3 Å². The van der Waals surface area contributed by atoms with Gasteiger partial charge in [-0.05, 0) is 41.0 Å². The molecule has 31 heavy (non-hydrogen) atoms. The van der Waals surface area contributed by atoms with E-state index in [-0.39, 0.29) is 18.2 Å². The number of fused-ring (bicyclic) bond motifs is 1. The highest BCUT2D eigenvalue weighted by Gasteiger charge is 2.20. The lowest BCUT2D eigenvalue weighted by molar-refractivity contribution is -0.135. The molecule has 0 aliphatic heterocycles. The maximum absolute atomic E-state index is 12.7. The number of carbonyl (C=O) groups is 2. The molecule has 5 nitrogen and oxygen atoms in total. The highest BCUT2D eigenvalue weighted by molar-refractivity contribution is 5.92. The first-order valence-electron chi connectivity index (χ1n) is 10.3. The molecule has 0 aliphatic rings. The molecule has 0 spiro atoms. The van der Waals surface area contributed by atoms with Crippen LogP contribution in [0.2, 0.25) is 0 Å². The first-order valence-corrected chi connectivity index (χ1v) is 10.3. The fourth-order valence-electron chi connectivity index (χ4n) is 3.50. The number of hydrogen-bond acceptors (Lipinski definition) is 3. The van der Waals surface area contributed by atoms with Crippen LogP contribution in [0.4, 0.5) is 0 Å². The third kappa shape index (κ3) is 5.95. The monoisotopic (exact) mass is 416 g/mol. The van der Waals surface area contributed by atoms with Crippen LogP contribution >= 0.6 is 0 Å². The minimum Gasteiger partial charge on any atom is -0.490 e. The van der Waals surface area contributed by atoms with E-state index in [4.69, 9.17) is 4.74 Å². The summed E-state index contributed by atoms with van der Waals surface area (Å²) in [5, 5.41) is 4.98. The van der Waals surface area contributed by atoms with Crippen molar-refractivity contribution in [3.8, 4) is 5.75 Å². The van der Waals surface area contributed by atoms with Gasteiger partial charge in [-0.2, -0.15) is 0 Å². The van der Waals surface area contributed by atoms with Crippen LogP contribution in [0.1, 0.15) is 18.1 Å². The number of nitrogens with zero attached hydrogens (tertiary/aromatic N) is 1. The lowest BCUT2D eigenvalue weighted by atomic mass is 10.0. The van der Waals surface area contributed by atoms with Gasteiger partial charge >= 0.3 is 0 Å². The molecule has 0 unspecified atom stereocenters. The van der Waals surface area contributed by atoms with E-state index in [1.165, 1.54) is 0 Å². The standard InChI is InChI=1S/C26H28N2O3/c1-4-16-31-23-14-12-20(13-15-23)18-28(3)26(30)19(2)27-25(29)17-22-10-7-9-21-8-5-6-11-24(21)22/h4-15,19H,1,16-18H2,2-3H3,(H,27,29)/t19-/m0/s1. The van der Waals surface area contributed by atoms with Gasteiger partial charge < -0.3 is 15.0 Å². The number of amides is 2. The number of nitrogens with one attached hydrogen (secondary N) is 1. The second-order valence-electron chi connectivity index (χ2n) is 7.54. The summed E-state index contributed by atoms with van der Waals surface area (Å²) in [6, 6.07) is 20.9. The third-order valence-electron chi connectivity index (χ3n) is 5.07. The number of ether oxygens (including phenoxy) is 1. The molecule has 5 heteroatoms. The normalized spacial score (nSPS) is 11.5. The maximum Gasteiger partial charge on any atom is 0.244 e. The van der Waals surface area contributed by atoms with E-state index < -0.39 is 6.04 Å². The average molecular weight is 417 g/mol. The van der Waals surface area contributed by atoms with Crippen LogP contribution in [0.25, 0.3) is 10.8 Å². The molecular weight excluding hydrogens is 388 g/mol. The van der Waals surface area contributed by atoms with Crippen LogP contribution in [0.3, 0.4) is 0 Å². The van der Waals surface area contributed by atoms with Crippen molar-refractivity contribution in [2.75, 3.05) is 13.7 Å². The Kier molecular flexibility index (Phi) is 7.44. The van der Waals surface area contributed by atoms with Crippen LogP contribution in [-0.4, -0.2) is 36.4 Å². The second-order valence-corrected chi connectivity index (χ2v) is 7.54. The Morgan fingerprint density at radius 3 is 2.52 bits per heavy atom. The molecule has 0 radical (unpaired) electrons. The smallest absolute Gasteiger partial charge is 0.244 e. The van der Waals surface area contributed by atoms with Gasteiger partial charge in [-0.1, -0.05) is 67.3 Å². The van der Waals surface area contributed by atoms with Crippen molar-refractivity contribution in [3.05, 3.63) is 90.5 Å². The minimum atomic E-state index is -0.609. The molecule has 0 heterocycles. The Bertz CT molecular complexity index is 1050. The summed E-state index contributed by atoms with van der Waals surface area (Å²) in [6.07, 6.45) is 1.92. The quantitative estimate of drug-likeness (QED) is 0.534. The van der Waals surface area contributed by atoms with Crippen molar-refractivity contribution in [1.29, 1.82) is 0 Å². The molecule has 3 aromatic carbocycles. The fraction of sp³-hybridized carbons (Fsp3) is 0.231. The summed E-state index contributed by atoms with van der Waals surface area (Å²) in [6.45, 7) is 6.24. The van der Waals surface area contributed by atoms with Crippen LogP contribution in [0.5, 0.6) is 5.75 Å². The predicted molar refractivity (Wildman–Crippen MR) is 124 cm³/mol. The topological polar surface area (TPSA) is 58.6 Å². The number of benzene rings is 3. The maximum atomic E-state index is 12.7. The summed E-state index contributed by atoms with van der Waals surface area (Å²) in [5.41, 5.74) is 1.93. The Hall–Kier alpha value is -3.60. The average Bonchev–Trinajstić information content (AvgIpc) is 2.78. The lowest BCUT2D eigenvalue weighted by Gasteiger charge is -2.22. The molecule has 3 rings (SSSR count). The van der Waals surface area contributed by atoms with E-state index in [2.05, 4.69) is 11.9 Å². The van der Waals surface area contributed by atoms with Crippen molar-refractivity contribution in [3.63, 3.8) is 0 Å². The molecule has 1 atom stereocenters. The Morgan fingerprint density at radius 2 is 1.77 bits per heavy atom. The van der Waals surface area contributed by atoms with E-state index in [0.717, 1.165) is 27.6 Å². The van der Waals surface area contributed by atoms with Gasteiger partial charge in [-0.3, -0.25) is 9.59 Å². The van der Waals surface area contributed by atoms with Gasteiger partial charge in [0.2, 0.25) is 11.8 Å². The fourth-order valence-corrected chi connectivity index (χ4v) is 3.50. The molecule has 0 saturated heterocycles. The molecule has 2 amide bonds. The molecule has 0 aromatic heterocycles. The molecule has 3 aromatic rings. The lowest BCUT2D eigenvalue weighted by Crippen LogP contribution is -2.45. The van der Waals surface area contributed by atoms with Gasteiger partial charge in [0.1, 0.15) is 18.4 Å². The van der Waals surface area contributed by atoms with Gasteiger partial charge in [0, 0.05) is 13.6 Å². The molecule has 0 bridgehead atoms. The molecule has 160 valence electrons. The van der Waals surface area contributed by atoms with Gasteiger partial charge in [-0.15, -0.1) is 0 Å². The van der Waals surface area contributed by atoms with Gasteiger partial charge in [-0.25, -0.2) is 0 Å². The Balaban J connectivity index is 1.55. The largest absolute Gasteiger partial charge is 0.490 e. The van der Waals surface area contributed by atoms with Crippen LogP contribution in [-0.2, 0) is 22.6 Å². The SMILES string of the molecule is C=CCOc1ccc(CN(C)C(=O)[C@H](C)NC(=O)Cc2cccc3ccccc23)cc1. The van der Waals surface area contributed by atoms with Crippen molar-refractivity contribution in [2.45, 2.75) is 25.9 Å². The Morgan fingerprint density at radius 1 is 1.06 bits per heavy atom. The molecule has 0 aliphatic carbocycles. The highest BCUT2D eigenvalue weighted by Crippen LogP contribution is 2.19. The summed E-state index contributed by atoms with van der Waals surface area (Å²) >= 11 is 0. The summed E-state index contributed by atoms with van der Waals surface area (Å²) in [4.78, 5) is 26.9. The summed E-state index contributed by atoms with van der Waals surface area (Å²) < 4.78 is 5.47. The minimum absolute atomic E-state index is 0.141. The van der Waals surface area contributed by atoms with E-state index in [9.17, 15) is 9.59 Å². The van der Waals surface area contributed by atoms with Crippen molar-refractivity contribution in [2.24, 2.45) is 0 Å². The predicted octanol–water partition coefficient (Wildman–Crippen LogP) is 4.11. The number of rotatable bonds is 9. The number of carbonyl (C=O) groups excluding carboxylic acids is 2. The van der Waals surface area contributed by atoms with E-state index in [1.54, 1.807) is 24.9 Å². The number of hydrogen-bond donors (Lipinski definition) is 1. The van der Waals surface area contributed by atoms with Crippen LogP contribution in [0.15, 0.2) is 79.4 Å². The zero-order chi connectivity index (χ0) is 22.2. The zero-order valence-corrected chi connectivity index (χ0v) is 18.0. The second kappa shape index (κ2) is 10.4. The zero-order valence-electron chi connectivity index (χ0n) is 18.0. The first-order chi connectivity index (χ1) is 15.0. The molecule has 0 fully saturated rings. The van der Waals surface area contributed by atoms with Crippen LogP contribution in [0, 0.1) is 0 Å². The molecule has 1 N–H and O–H groups in total. The van der Waals surface area contributed by atoms with Gasteiger partial charge in [0.25, 0.3) is 0 Å². The van der Waals surface area contributed by atoms with Crippen molar-refractivity contribution in [1.82, 2.24) is 10.2 Å². The first kappa shape index (κ1) is 22.1. The summed E-state index contributed by atoms with van der Waals surface area (Å²) in [7, 11) is 1.73. The molecule has 0 saturated carbocycles. The van der Waals surface area contributed by atoms with Crippen molar-refractivity contribution >= 4 is 22.6 Å². The Labute approximate surface area is 183 Å². The summed E-state index contributed by atoms with van der Waals surface area (Å²) in [5.74, 6) is 0.444. The van der Waals surface area contributed by atoms with Gasteiger partial charge in [0.05, 0.1) is 6.42 Å². The van der Waals surface area contributed by atoms with E-state index >= 15 is 0 Å². The van der Waals surface area contributed by atoms with E-state index in [1.807, 2.05) is 66.7 Å². The van der Waals surface area contributed by atoms with Crippen LogP contribution < -0.4 is 10.1 Å². The van der Waals surface area contributed by atoms with Gasteiger partial charge in [0.15, 0.2) is 0 Å². The van der Waals surface area contributed by atoms with E-state index in [0.29, 0.717) is 13.2 Å². The molecular formula is C26H28N2O3. The highest BCUT2D eigenvalue weighted by atomic mass is 16.5.